The minimum Gasteiger partial charge on any atom is -0.326 e. The van der Waals surface area contributed by atoms with Gasteiger partial charge in [-0.05, 0) is 41.0 Å². The molecule has 2 aromatic rings. The van der Waals surface area contributed by atoms with Crippen molar-refractivity contribution in [1.29, 1.82) is 0 Å². The fourth-order valence-electron chi connectivity index (χ4n) is 2.05. The van der Waals surface area contributed by atoms with E-state index in [1.54, 1.807) is 24.3 Å². The van der Waals surface area contributed by atoms with Crippen molar-refractivity contribution >= 4 is 21.4 Å². The second kappa shape index (κ2) is 6.56. The maximum absolute atomic E-state index is 13.1. The van der Waals surface area contributed by atoms with Crippen LogP contribution in [0.1, 0.15) is 16.7 Å². The third-order valence-electron chi connectivity index (χ3n) is 3.06. The van der Waals surface area contributed by atoms with Gasteiger partial charge in [-0.25, -0.2) is 12.8 Å². The van der Waals surface area contributed by atoms with Crippen LogP contribution in [0.3, 0.4) is 0 Å². The summed E-state index contributed by atoms with van der Waals surface area (Å²) in [5.74, 6) is -0.678. The number of rotatable bonds is 5. The summed E-state index contributed by atoms with van der Waals surface area (Å²) >= 11 is 5.77. The molecule has 0 saturated heterocycles. The highest BCUT2D eigenvalue weighted by Crippen LogP contribution is 2.18. The van der Waals surface area contributed by atoms with Gasteiger partial charge >= 0.3 is 0 Å². The normalized spacial score (nSPS) is 11.6. The van der Waals surface area contributed by atoms with E-state index in [0.717, 1.165) is 0 Å². The highest BCUT2D eigenvalue weighted by Gasteiger charge is 2.15. The van der Waals surface area contributed by atoms with Crippen LogP contribution in [0.15, 0.2) is 42.5 Å². The summed E-state index contributed by atoms with van der Waals surface area (Å²) in [5.41, 5.74) is 7.24. The van der Waals surface area contributed by atoms with E-state index < -0.39 is 15.7 Å². The molecule has 0 atom stereocenters. The summed E-state index contributed by atoms with van der Waals surface area (Å²) in [6, 6.07) is 10.6. The lowest BCUT2D eigenvalue weighted by molar-refractivity contribution is 0.593. The first-order valence-electron chi connectivity index (χ1n) is 6.32. The van der Waals surface area contributed by atoms with Crippen molar-refractivity contribution in [2.24, 2.45) is 5.73 Å². The second-order valence-corrected chi connectivity index (χ2v) is 7.28. The van der Waals surface area contributed by atoms with E-state index in [1.807, 2.05) is 0 Å². The average Bonchev–Trinajstić information content (AvgIpc) is 2.43. The van der Waals surface area contributed by atoms with Crippen molar-refractivity contribution < 1.29 is 12.8 Å². The van der Waals surface area contributed by atoms with Crippen molar-refractivity contribution in [3.05, 3.63) is 70.0 Å². The van der Waals surface area contributed by atoms with Gasteiger partial charge in [-0.15, -0.1) is 0 Å². The first kappa shape index (κ1) is 15.9. The molecule has 2 aromatic carbocycles. The molecular formula is C15H15ClFNO2S. The number of benzene rings is 2. The summed E-state index contributed by atoms with van der Waals surface area (Å²) < 4.78 is 37.6. The lowest BCUT2D eigenvalue weighted by atomic mass is 10.1. The number of sulfone groups is 1. The Labute approximate surface area is 128 Å². The van der Waals surface area contributed by atoms with Gasteiger partial charge in [0.25, 0.3) is 0 Å². The smallest absolute Gasteiger partial charge is 0.158 e. The predicted molar refractivity (Wildman–Crippen MR) is 82.1 cm³/mol. The first-order chi connectivity index (χ1) is 9.89. The van der Waals surface area contributed by atoms with Crippen molar-refractivity contribution in [2.75, 3.05) is 0 Å². The summed E-state index contributed by atoms with van der Waals surface area (Å²) in [6.45, 7) is 0.101. The maximum Gasteiger partial charge on any atom is 0.158 e. The topological polar surface area (TPSA) is 60.2 Å². The molecule has 0 amide bonds. The van der Waals surface area contributed by atoms with Crippen molar-refractivity contribution in [2.45, 2.75) is 18.1 Å². The summed E-state index contributed by atoms with van der Waals surface area (Å²) in [4.78, 5) is 0. The predicted octanol–water partition coefficient (Wildman–Crippen LogP) is 3.05. The van der Waals surface area contributed by atoms with Crippen molar-refractivity contribution in [3.63, 3.8) is 0 Å². The zero-order chi connectivity index (χ0) is 15.5. The van der Waals surface area contributed by atoms with E-state index in [-0.39, 0.29) is 18.1 Å². The van der Waals surface area contributed by atoms with Crippen molar-refractivity contribution in [3.8, 4) is 0 Å². The van der Waals surface area contributed by atoms with Crippen LogP contribution in [0.5, 0.6) is 0 Å². The van der Waals surface area contributed by atoms with Crippen LogP contribution < -0.4 is 5.73 Å². The lowest BCUT2D eigenvalue weighted by Crippen LogP contribution is -2.11. The van der Waals surface area contributed by atoms with Gasteiger partial charge in [-0.3, -0.25) is 0 Å². The van der Waals surface area contributed by atoms with Gasteiger partial charge in [0.2, 0.25) is 0 Å². The van der Waals surface area contributed by atoms with Gasteiger partial charge in [-0.1, -0.05) is 29.8 Å². The summed E-state index contributed by atoms with van der Waals surface area (Å²) in [6.07, 6.45) is 0. The molecule has 0 saturated carbocycles. The maximum atomic E-state index is 13.1. The third kappa shape index (κ3) is 4.52. The van der Waals surface area contributed by atoms with Crippen LogP contribution in [-0.2, 0) is 27.9 Å². The van der Waals surface area contributed by atoms with Gasteiger partial charge in [-0.2, -0.15) is 0 Å². The number of nitrogens with two attached hydrogens (primary N) is 1. The van der Waals surface area contributed by atoms with E-state index in [1.165, 1.54) is 18.2 Å². The SMILES string of the molecule is NCc1cc(F)ccc1CS(=O)(=O)Cc1ccc(Cl)cc1. The molecular weight excluding hydrogens is 313 g/mol. The number of hydrogen-bond acceptors (Lipinski definition) is 3. The molecule has 0 bridgehead atoms. The monoisotopic (exact) mass is 327 g/mol. The Hall–Kier alpha value is -1.43. The van der Waals surface area contributed by atoms with Crippen LogP contribution in [-0.4, -0.2) is 8.42 Å². The van der Waals surface area contributed by atoms with Crippen LogP contribution >= 0.6 is 11.6 Å². The van der Waals surface area contributed by atoms with Crippen molar-refractivity contribution in [1.82, 2.24) is 0 Å². The minimum atomic E-state index is -3.37. The molecule has 0 spiro atoms. The Kier molecular flexibility index (Phi) is 4.98. The lowest BCUT2D eigenvalue weighted by Gasteiger charge is -2.09. The Balaban J connectivity index is 2.19. The van der Waals surface area contributed by atoms with Crippen LogP contribution in [0, 0.1) is 5.82 Å². The van der Waals surface area contributed by atoms with Gasteiger partial charge in [0.05, 0.1) is 11.5 Å². The molecule has 2 N–H and O–H groups in total. The zero-order valence-corrected chi connectivity index (χ0v) is 12.8. The molecule has 6 heteroatoms. The van der Waals surface area contributed by atoms with Gasteiger partial charge in [0, 0.05) is 11.6 Å². The average molecular weight is 328 g/mol. The van der Waals surface area contributed by atoms with Gasteiger partial charge < -0.3 is 5.73 Å². The standard InChI is InChI=1S/C15H15ClFNO2S/c16-14-4-1-11(2-5-14)9-21(19,20)10-12-3-6-15(17)7-13(12)8-18/h1-7H,8-10,18H2. The van der Waals surface area contributed by atoms with Gasteiger partial charge in [0.1, 0.15) is 5.82 Å². The zero-order valence-electron chi connectivity index (χ0n) is 11.2. The molecule has 0 aliphatic heterocycles. The fourth-order valence-corrected chi connectivity index (χ4v) is 3.73. The minimum absolute atomic E-state index is 0.0917. The van der Waals surface area contributed by atoms with E-state index >= 15 is 0 Å². The quantitative estimate of drug-likeness (QED) is 0.918. The second-order valence-electron chi connectivity index (χ2n) is 4.78. The van der Waals surface area contributed by atoms with E-state index in [2.05, 4.69) is 0 Å². The Morgan fingerprint density at radius 3 is 2.29 bits per heavy atom. The molecule has 2 rings (SSSR count). The molecule has 0 aromatic heterocycles. The molecule has 0 radical (unpaired) electrons. The van der Waals surface area contributed by atoms with E-state index in [9.17, 15) is 12.8 Å². The third-order valence-corrected chi connectivity index (χ3v) is 4.84. The Bertz CT molecular complexity index is 730. The van der Waals surface area contributed by atoms with Gasteiger partial charge in [0.15, 0.2) is 9.84 Å². The van der Waals surface area contributed by atoms with E-state index in [4.69, 9.17) is 17.3 Å². The molecule has 0 fully saturated rings. The highest BCUT2D eigenvalue weighted by atomic mass is 35.5. The molecule has 3 nitrogen and oxygen atoms in total. The van der Waals surface area contributed by atoms with Crippen LogP contribution in [0.2, 0.25) is 5.02 Å². The molecule has 0 aliphatic carbocycles. The van der Waals surface area contributed by atoms with Crippen LogP contribution in [0.4, 0.5) is 4.39 Å². The first-order valence-corrected chi connectivity index (χ1v) is 8.52. The number of hydrogen-bond donors (Lipinski definition) is 1. The molecule has 0 heterocycles. The summed E-state index contributed by atoms with van der Waals surface area (Å²) in [5, 5.41) is 0.556. The Morgan fingerprint density at radius 1 is 1.00 bits per heavy atom. The fraction of sp³-hybridized carbons (Fsp3) is 0.200. The molecule has 112 valence electrons. The largest absolute Gasteiger partial charge is 0.326 e. The van der Waals surface area contributed by atoms with E-state index in [0.29, 0.717) is 21.7 Å². The molecule has 0 unspecified atom stereocenters. The highest BCUT2D eigenvalue weighted by molar-refractivity contribution is 7.89. The van der Waals surface area contributed by atoms with Crippen LogP contribution in [0.25, 0.3) is 0 Å². The Morgan fingerprint density at radius 2 is 1.67 bits per heavy atom. The number of halogens is 2. The molecule has 21 heavy (non-hydrogen) atoms. The molecule has 0 aliphatic rings. The summed E-state index contributed by atoms with van der Waals surface area (Å²) in [7, 11) is -3.37.